The lowest BCUT2D eigenvalue weighted by atomic mass is 10.1. The molecular formula is C24H33ClN6O2. The van der Waals surface area contributed by atoms with Gasteiger partial charge in [0, 0.05) is 44.8 Å². The second kappa shape index (κ2) is 12.4. The number of carbonyl (C=O) groups excluding carboxylic acids is 2. The lowest BCUT2D eigenvalue weighted by Gasteiger charge is -2.27. The van der Waals surface area contributed by atoms with Crippen LogP contribution in [0.25, 0.3) is 11.3 Å². The third-order valence-corrected chi connectivity index (χ3v) is 5.94. The molecule has 1 fully saturated rings. The lowest BCUT2D eigenvalue weighted by molar-refractivity contribution is -0.131. The van der Waals surface area contributed by atoms with Crippen LogP contribution in [0.2, 0.25) is 5.02 Å². The van der Waals surface area contributed by atoms with Crippen molar-refractivity contribution >= 4 is 29.4 Å². The van der Waals surface area contributed by atoms with Crippen LogP contribution in [0.5, 0.6) is 0 Å². The van der Waals surface area contributed by atoms with Gasteiger partial charge in [0.05, 0.1) is 10.7 Å². The van der Waals surface area contributed by atoms with E-state index in [0.717, 1.165) is 42.9 Å². The molecule has 2 aromatic rings. The minimum absolute atomic E-state index is 0.0166. The van der Waals surface area contributed by atoms with Crippen molar-refractivity contribution in [3.8, 4) is 11.3 Å². The molecule has 3 amide bonds. The zero-order chi connectivity index (χ0) is 23.6. The molecule has 1 N–H and O–H groups in total. The number of urea groups is 1. The van der Waals surface area contributed by atoms with Gasteiger partial charge in [-0.05, 0) is 37.5 Å². The summed E-state index contributed by atoms with van der Waals surface area (Å²) in [6.45, 7) is 8.01. The monoisotopic (exact) mass is 472 g/mol. The predicted octanol–water partition coefficient (Wildman–Crippen LogP) is 3.67. The Morgan fingerprint density at radius 1 is 1.03 bits per heavy atom. The fourth-order valence-electron chi connectivity index (χ4n) is 3.83. The normalized spacial score (nSPS) is 14.0. The van der Waals surface area contributed by atoms with Gasteiger partial charge in [-0.3, -0.25) is 4.79 Å². The van der Waals surface area contributed by atoms with Crippen molar-refractivity contribution in [2.24, 2.45) is 0 Å². The van der Waals surface area contributed by atoms with E-state index >= 15 is 0 Å². The zero-order valence-corrected chi connectivity index (χ0v) is 20.2. The Labute approximate surface area is 200 Å². The topological polar surface area (TPSA) is 81.7 Å². The molecule has 1 aromatic heterocycles. The van der Waals surface area contributed by atoms with Gasteiger partial charge in [-0.1, -0.05) is 43.6 Å². The van der Waals surface area contributed by atoms with Gasteiger partial charge in [-0.2, -0.15) is 0 Å². The fourth-order valence-corrected chi connectivity index (χ4v) is 4.06. The van der Waals surface area contributed by atoms with E-state index in [0.29, 0.717) is 37.7 Å². The van der Waals surface area contributed by atoms with Gasteiger partial charge in [0.25, 0.3) is 0 Å². The van der Waals surface area contributed by atoms with Crippen LogP contribution in [0.1, 0.15) is 33.1 Å². The molecule has 0 aliphatic carbocycles. The number of rotatable bonds is 8. The first-order valence-electron chi connectivity index (χ1n) is 11.7. The molecule has 1 aliphatic heterocycles. The number of anilines is 1. The van der Waals surface area contributed by atoms with E-state index in [1.54, 1.807) is 4.90 Å². The number of hydrogen-bond acceptors (Lipinski definition) is 5. The van der Waals surface area contributed by atoms with E-state index < -0.39 is 0 Å². The van der Waals surface area contributed by atoms with Gasteiger partial charge in [0.1, 0.15) is 6.54 Å². The van der Waals surface area contributed by atoms with Crippen LogP contribution in [0, 0.1) is 0 Å². The van der Waals surface area contributed by atoms with Gasteiger partial charge in [-0.15, -0.1) is 10.2 Å². The first-order chi connectivity index (χ1) is 16.0. The van der Waals surface area contributed by atoms with E-state index in [2.05, 4.69) is 20.4 Å². The molecule has 0 radical (unpaired) electrons. The Bertz CT molecular complexity index is 923. The van der Waals surface area contributed by atoms with Crippen molar-refractivity contribution in [3.05, 3.63) is 41.4 Å². The summed E-state index contributed by atoms with van der Waals surface area (Å²) in [6.07, 6.45) is 2.50. The summed E-state index contributed by atoms with van der Waals surface area (Å²) in [7, 11) is 0. The van der Waals surface area contributed by atoms with E-state index in [1.807, 2.05) is 55.1 Å². The number of aromatic nitrogens is 2. The highest BCUT2D eigenvalue weighted by atomic mass is 35.5. The zero-order valence-electron chi connectivity index (χ0n) is 19.5. The summed E-state index contributed by atoms with van der Waals surface area (Å²) in [6, 6.07) is 11.3. The highest BCUT2D eigenvalue weighted by molar-refractivity contribution is 6.33. The van der Waals surface area contributed by atoms with Crippen LogP contribution in [0.15, 0.2) is 36.4 Å². The SMILES string of the molecule is CCCNC(=O)N(CCC)CC(=O)N1CCCN(c2ccc(-c3ccccc3Cl)nn2)CC1. The van der Waals surface area contributed by atoms with E-state index in [1.165, 1.54) is 0 Å². The highest BCUT2D eigenvalue weighted by Crippen LogP contribution is 2.26. The minimum Gasteiger partial charge on any atom is -0.353 e. The second-order valence-electron chi connectivity index (χ2n) is 8.13. The maximum absolute atomic E-state index is 12.9. The Hall–Kier alpha value is -2.87. The molecule has 3 rings (SSSR count). The number of nitrogens with one attached hydrogen (secondary N) is 1. The third kappa shape index (κ3) is 6.81. The molecule has 0 atom stereocenters. The largest absolute Gasteiger partial charge is 0.353 e. The Morgan fingerprint density at radius 2 is 1.85 bits per heavy atom. The molecule has 178 valence electrons. The predicted molar refractivity (Wildman–Crippen MR) is 131 cm³/mol. The highest BCUT2D eigenvalue weighted by Gasteiger charge is 2.23. The summed E-state index contributed by atoms with van der Waals surface area (Å²) in [5, 5.41) is 12.3. The lowest BCUT2D eigenvalue weighted by Crippen LogP contribution is -2.47. The molecule has 2 heterocycles. The molecule has 0 saturated carbocycles. The molecule has 8 nitrogen and oxygen atoms in total. The average molecular weight is 473 g/mol. The van der Waals surface area contributed by atoms with Gasteiger partial charge in [0.2, 0.25) is 5.91 Å². The summed E-state index contributed by atoms with van der Waals surface area (Å²) in [5.41, 5.74) is 1.58. The van der Waals surface area contributed by atoms with Crippen molar-refractivity contribution in [2.45, 2.75) is 33.1 Å². The minimum atomic E-state index is -0.169. The maximum Gasteiger partial charge on any atom is 0.317 e. The Kier molecular flexibility index (Phi) is 9.30. The number of nitrogens with zero attached hydrogens (tertiary/aromatic N) is 5. The van der Waals surface area contributed by atoms with E-state index in [4.69, 9.17) is 11.6 Å². The summed E-state index contributed by atoms with van der Waals surface area (Å²) < 4.78 is 0. The van der Waals surface area contributed by atoms with Crippen LogP contribution in [0.3, 0.4) is 0 Å². The van der Waals surface area contributed by atoms with Crippen LogP contribution >= 0.6 is 11.6 Å². The second-order valence-corrected chi connectivity index (χ2v) is 8.54. The average Bonchev–Trinajstić information content (AvgIpc) is 3.09. The standard InChI is InChI=1S/C24H33ClN6O2/c1-3-12-26-24(33)31(13-4-2)18-23(32)30-15-7-14-29(16-17-30)22-11-10-21(27-28-22)19-8-5-6-9-20(19)25/h5-6,8-11H,3-4,7,12-18H2,1-2H3,(H,26,33). The molecule has 1 aromatic carbocycles. The number of halogens is 1. The van der Waals surface area contributed by atoms with Crippen LogP contribution in [0.4, 0.5) is 10.6 Å². The third-order valence-electron chi connectivity index (χ3n) is 5.61. The molecule has 33 heavy (non-hydrogen) atoms. The molecular weight excluding hydrogens is 440 g/mol. The Balaban J connectivity index is 1.59. The summed E-state index contributed by atoms with van der Waals surface area (Å²) >= 11 is 6.27. The van der Waals surface area contributed by atoms with Gasteiger partial charge >= 0.3 is 6.03 Å². The van der Waals surface area contributed by atoms with Crippen molar-refractivity contribution in [3.63, 3.8) is 0 Å². The van der Waals surface area contributed by atoms with Gasteiger partial charge in [0.15, 0.2) is 5.82 Å². The molecule has 9 heteroatoms. The number of benzene rings is 1. The molecule has 0 bridgehead atoms. The summed E-state index contributed by atoms with van der Waals surface area (Å²) in [5.74, 6) is 0.767. The first-order valence-corrected chi connectivity index (χ1v) is 12.0. The van der Waals surface area contributed by atoms with Gasteiger partial charge in [-0.25, -0.2) is 4.79 Å². The quantitative estimate of drug-likeness (QED) is 0.634. The van der Waals surface area contributed by atoms with Crippen LogP contribution in [-0.4, -0.2) is 77.7 Å². The van der Waals surface area contributed by atoms with Crippen molar-refractivity contribution in [1.82, 2.24) is 25.3 Å². The summed E-state index contributed by atoms with van der Waals surface area (Å²) in [4.78, 5) is 30.9. The van der Waals surface area contributed by atoms with Crippen LogP contribution in [-0.2, 0) is 4.79 Å². The van der Waals surface area contributed by atoms with Gasteiger partial charge < -0.3 is 20.0 Å². The molecule has 0 unspecified atom stereocenters. The maximum atomic E-state index is 12.9. The van der Waals surface area contributed by atoms with E-state index in [9.17, 15) is 9.59 Å². The number of carbonyl (C=O) groups is 2. The van der Waals surface area contributed by atoms with E-state index in [-0.39, 0.29) is 18.5 Å². The molecule has 0 spiro atoms. The van der Waals surface area contributed by atoms with Crippen molar-refractivity contribution < 1.29 is 9.59 Å². The van der Waals surface area contributed by atoms with Crippen LogP contribution < -0.4 is 10.2 Å². The molecule has 1 aliphatic rings. The Morgan fingerprint density at radius 3 is 2.55 bits per heavy atom. The number of amides is 3. The smallest absolute Gasteiger partial charge is 0.317 e. The molecule has 1 saturated heterocycles. The fraction of sp³-hybridized carbons (Fsp3) is 0.500. The number of hydrogen-bond donors (Lipinski definition) is 1. The van der Waals surface area contributed by atoms with Crippen molar-refractivity contribution in [1.29, 1.82) is 0 Å². The van der Waals surface area contributed by atoms with Crippen molar-refractivity contribution in [2.75, 3.05) is 50.7 Å². The first kappa shape index (κ1) is 24.8.